The van der Waals surface area contributed by atoms with Gasteiger partial charge in [0, 0.05) is 12.0 Å². The zero-order chi connectivity index (χ0) is 14.6. The van der Waals surface area contributed by atoms with Crippen LogP contribution < -0.4 is 10.5 Å². The van der Waals surface area contributed by atoms with E-state index in [0.29, 0.717) is 11.3 Å². The van der Waals surface area contributed by atoms with Crippen LogP contribution >= 0.6 is 0 Å². The summed E-state index contributed by atoms with van der Waals surface area (Å²) in [7, 11) is 0. The number of hydrogen-bond donors (Lipinski definition) is 1. The molecule has 0 saturated heterocycles. The molecule has 20 heavy (non-hydrogen) atoms. The van der Waals surface area contributed by atoms with Crippen LogP contribution in [-0.4, -0.2) is 23.0 Å². The summed E-state index contributed by atoms with van der Waals surface area (Å²) in [4.78, 5) is 10.8. The zero-order valence-corrected chi connectivity index (χ0v) is 10.2. The number of aromatic nitrogens is 2. The summed E-state index contributed by atoms with van der Waals surface area (Å²) < 4.78 is 45.7. The Kier molecular flexibility index (Phi) is 4.11. The van der Waals surface area contributed by atoms with E-state index in [1.807, 2.05) is 0 Å². The van der Waals surface area contributed by atoms with Gasteiger partial charge >= 0.3 is 11.9 Å². The highest BCUT2D eigenvalue weighted by Gasteiger charge is 2.26. The molecule has 108 valence electrons. The quantitative estimate of drug-likeness (QED) is 0.859. The molecule has 0 unspecified atom stereocenters. The molecule has 2 rings (SSSR count). The summed E-state index contributed by atoms with van der Waals surface area (Å²) in [5.74, 6) is -0.0834. The van der Waals surface area contributed by atoms with Crippen molar-refractivity contribution in [3.8, 4) is 17.2 Å². The first-order valence-corrected chi connectivity index (χ1v) is 5.79. The van der Waals surface area contributed by atoms with Gasteiger partial charge in [-0.3, -0.25) is 0 Å². The van der Waals surface area contributed by atoms with E-state index in [-0.39, 0.29) is 18.9 Å². The van der Waals surface area contributed by atoms with Crippen LogP contribution in [0.4, 0.5) is 13.2 Å². The number of hydrogen-bond acceptors (Lipinski definition) is 4. The first-order chi connectivity index (χ1) is 9.44. The van der Waals surface area contributed by atoms with Crippen molar-refractivity contribution in [1.82, 2.24) is 10.2 Å². The van der Waals surface area contributed by atoms with Crippen LogP contribution in [0, 0.1) is 0 Å². The van der Waals surface area contributed by atoms with Gasteiger partial charge in [0.1, 0.15) is 5.75 Å². The molecule has 0 atom stereocenters. The van der Waals surface area contributed by atoms with Gasteiger partial charge in [0.05, 0.1) is 6.61 Å². The minimum atomic E-state index is -4.16. The lowest BCUT2D eigenvalue weighted by Gasteiger charge is -2.08. The summed E-state index contributed by atoms with van der Waals surface area (Å²) in [5, 5.41) is 5.78. The number of ether oxygens (including phenoxy) is 1. The Morgan fingerprint density at radius 3 is 2.50 bits per heavy atom. The number of nitrogens with one attached hydrogen (secondary N) is 1. The molecular formula is C12H11F3N2O3. The molecule has 8 heteroatoms. The number of H-pyrrole nitrogens is 1. The van der Waals surface area contributed by atoms with Gasteiger partial charge in [-0.2, -0.15) is 13.2 Å². The van der Waals surface area contributed by atoms with Crippen LogP contribution in [0.3, 0.4) is 0 Å². The number of halogens is 3. The zero-order valence-electron chi connectivity index (χ0n) is 10.2. The van der Waals surface area contributed by atoms with Crippen LogP contribution in [-0.2, 0) is 0 Å². The lowest BCUT2D eigenvalue weighted by Crippen LogP contribution is -2.09. The molecule has 0 aliphatic carbocycles. The molecule has 0 amide bonds. The maximum absolute atomic E-state index is 11.9. The molecule has 0 aliphatic rings. The topological polar surface area (TPSA) is 68.1 Å². The van der Waals surface area contributed by atoms with Crippen molar-refractivity contribution in [3.63, 3.8) is 0 Å². The Bertz CT molecular complexity index is 601. The van der Waals surface area contributed by atoms with Gasteiger partial charge in [-0.15, -0.1) is 5.10 Å². The van der Waals surface area contributed by atoms with Crippen LogP contribution in [0.15, 0.2) is 33.5 Å². The average Bonchev–Trinajstić information content (AvgIpc) is 2.81. The molecule has 0 fully saturated rings. The molecule has 1 aromatic carbocycles. The molecule has 5 nitrogen and oxygen atoms in total. The summed E-state index contributed by atoms with van der Waals surface area (Å²) >= 11 is 0. The van der Waals surface area contributed by atoms with E-state index < -0.39 is 18.4 Å². The van der Waals surface area contributed by atoms with Crippen molar-refractivity contribution in [2.24, 2.45) is 0 Å². The first-order valence-electron chi connectivity index (χ1n) is 5.79. The fourth-order valence-electron chi connectivity index (χ4n) is 1.51. The van der Waals surface area contributed by atoms with Crippen LogP contribution in [0.25, 0.3) is 11.5 Å². The predicted octanol–water partition coefficient (Wildman–Crippen LogP) is 2.75. The Balaban J connectivity index is 1.87. The largest absolute Gasteiger partial charge is 0.494 e. The fourth-order valence-corrected chi connectivity index (χ4v) is 1.51. The second-order valence-corrected chi connectivity index (χ2v) is 4.01. The minimum Gasteiger partial charge on any atom is -0.494 e. The average molecular weight is 288 g/mol. The van der Waals surface area contributed by atoms with Crippen LogP contribution in [0.5, 0.6) is 5.75 Å². The van der Waals surface area contributed by atoms with Crippen molar-refractivity contribution in [3.05, 3.63) is 34.8 Å². The van der Waals surface area contributed by atoms with E-state index in [9.17, 15) is 18.0 Å². The highest BCUT2D eigenvalue weighted by Crippen LogP contribution is 2.22. The van der Waals surface area contributed by atoms with Gasteiger partial charge < -0.3 is 9.15 Å². The number of benzene rings is 1. The van der Waals surface area contributed by atoms with Crippen molar-refractivity contribution in [2.75, 3.05) is 6.61 Å². The van der Waals surface area contributed by atoms with Crippen molar-refractivity contribution in [2.45, 2.75) is 19.0 Å². The third-order valence-electron chi connectivity index (χ3n) is 2.41. The Morgan fingerprint density at radius 2 is 1.95 bits per heavy atom. The summed E-state index contributed by atoms with van der Waals surface area (Å²) in [5.41, 5.74) is 0.561. The van der Waals surface area contributed by atoms with Crippen LogP contribution in [0.1, 0.15) is 12.8 Å². The van der Waals surface area contributed by atoms with E-state index in [1.54, 1.807) is 24.3 Å². The molecule has 2 aromatic rings. The number of rotatable bonds is 5. The van der Waals surface area contributed by atoms with Crippen molar-refractivity contribution in [1.29, 1.82) is 0 Å². The SMILES string of the molecule is O=c1[nH]nc(-c2ccc(OCCCC(F)(F)F)cc2)o1. The normalized spacial score (nSPS) is 11.6. The molecule has 0 bridgehead atoms. The van der Waals surface area contributed by atoms with Gasteiger partial charge in [0.15, 0.2) is 0 Å². The third-order valence-corrected chi connectivity index (χ3v) is 2.41. The molecule has 0 spiro atoms. The molecule has 1 heterocycles. The number of nitrogens with zero attached hydrogens (tertiary/aromatic N) is 1. The minimum absolute atomic E-state index is 0.0175. The monoisotopic (exact) mass is 288 g/mol. The van der Waals surface area contributed by atoms with E-state index >= 15 is 0 Å². The fraction of sp³-hybridized carbons (Fsp3) is 0.333. The Hall–Kier alpha value is -2.25. The first kappa shape index (κ1) is 14.2. The number of alkyl halides is 3. The smallest absolute Gasteiger partial charge is 0.434 e. The van der Waals surface area contributed by atoms with Gasteiger partial charge in [0.25, 0.3) is 0 Å². The van der Waals surface area contributed by atoms with E-state index in [4.69, 9.17) is 9.15 Å². The maximum Gasteiger partial charge on any atom is 0.434 e. The van der Waals surface area contributed by atoms with E-state index in [0.717, 1.165) is 0 Å². The molecular weight excluding hydrogens is 277 g/mol. The van der Waals surface area contributed by atoms with Crippen LogP contribution in [0.2, 0.25) is 0 Å². The molecule has 1 N–H and O–H groups in total. The predicted molar refractivity (Wildman–Crippen MR) is 63.3 cm³/mol. The highest BCUT2D eigenvalue weighted by atomic mass is 19.4. The second-order valence-electron chi connectivity index (χ2n) is 4.01. The number of aromatic amines is 1. The molecule has 0 saturated carbocycles. The Labute approximate surface area is 111 Å². The van der Waals surface area contributed by atoms with Crippen molar-refractivity contribution >= 4 is 0 Å². The van der Waals surface area contributed by atoms with Gasteiger partial charge in [-0.1, -0.05) is 0 Å². The maximum atomic E-state index is 11.9. The van der Waals surface area contributed by atoms with E-state index in [2.05, 4.69) is 10.2 Å². The molecule has 0 radical (unpaired) electrons. The Morgan fingerprint density at radius 1 is 1.25 bits per heavy atom. The molecule has 1 aromatic heterocycles. The molecule has 0 aliphatic heterocycles. The summed E-state index contributed by atoms with van der Waals surface area (Å²) in [6.07, 6.45) is -5.13. The highest BCUT2D eigenvalue weighted by molar-refractivity contribution is 5.53. The summed E-state index contributed by atoms with van der Waals surface area (Å²) in [6.45, 7) is -0.0175. The second kappa shape index (κ2) is 5.81. The van der Waals surface area contributed by atoms with E-state index in [1.165, 1.54) is 0 Å². The third kappa shape index (κ3) is 4.15. The van der Waals surface area contributed by atoms with Crippen molar-refractivity contribution < 1.29 is 22.3 Å². The van der Waals surface area contributed by atoms with Gasteiger partial charge in [0.2, 0.25) is 5.89 Å². The van der Waals surface area contributed by atoms with Gasteiger partial charge in [-0.25, -0.2) is 9.89 Å². The summed E-state index contributed by atoms with van der Waals surface area (Å²) in [6, 6.07) is 6.33. The lowest BCUT2D eigenvalue weighted by molar-refractivity contribution is -0.136. The lowest BCUT2D eigenvalue weighted by atomic mass is 10.2. The standard InChI is InChI=1S/C12H11F3N2O3/c13-12(14,15)6-1-7-19-9-4-2-8(3-5-9)10-16-17-11(18)20-10/h2-5H,1,6-7H2,(H,17,18). The van der Waals surface area contributed by atoms with Gasteiger partial charge in [-0.05, 0) is 30.7 Å².